The molecule has 1 heterocycles. The Kier molecular flexibility index (Phi) is 7.78. The van der Waals surface area contributed by atoms with Crippen LogP contribution in [-0.2, 0) is 11.2 Å². The fraction of sp³-hybridized carbons (Fsp3) is 0.261. The number of amides is 2. The van der Waals surface area contributed by atoms with Crippen LogP contribution in [0.5, 0.6) is 0 Å². The minimum Gasteiger partial charge on any atom is -0.354 e. The number of nitro benzene ring substituents is 1. The van der Waals surface area contributed by atoms with Crippen molar-refractivity contribution >= 4 is 29.1 Å². The standard InChI is InChI=1S/C23H24ClN5O4/c1-15(2)21(27-22(30)19-9-8-18(29(32)33)14-20(19)24)23(31)25-12-10-16-4-6-17(7-5-16)28-13-3-11-26-28/h3-9,11,13-15,21H,10,12H2,1-2H3,(H,25,31)(H,27,30). The predicted molar refractivity (Wildman–Crippen MR) is 124 cm³/mol. The molecule has 1 unspecified atom stereocenters. The molecule has 10 heteroatoms. The molecule has 3 aromatic rings. The second-order valence-electron chi connectivity index (χ2n) is 7.77. The number of benzene rings is 2. The second-order valence-corrected chi connectivity index (χ2v) is 8.18. The van der Waals surface area contributed by atoms with E-state index in [9.17, 15) is 19.7 Å². The minimum absolute atomic E-state index is 0.0526. The van der Waals surface area contributed by atoms with E-state index in [0.29, 0.717) is 13.0 Å². The third kappa shape index (κ3) is 6.17. The molecule has 0 spiro atoms. The number of nitrogens with zero attached hydrogens (tertiary/aromatic N) is 3. The van der Waals surface area contributed by atoms with Gasteiger partial charge in [0.15, 0.2) is 0 Å². The number of rotatable bonds is 9. The monoisotopic (exact) mass is 469 g/mol. The fourth-order valence-electron chi connectivity index (χ4n) is 3.23. The number of carbonyl (C=O) groups excluding carboxylic acids is 2. The highest BCUT2D eigenvalue weighted by Gasteiger charge is 2.25. The van der Waals surface area contributed by atoms with Crippen molar-refractivity contribution in [1.82, 2.24) is 20.4 Å². The lowest BCUT2D eigenvalue weighted by molar-refractivity contribution is -0.384. The molecule has 2 amide bonds. The number of hydrogen-bond acceptors (Lipinski definition) is 5. The number of halogens is 1. The zero-order chi connectivity index (χ0) is 24.0. The van der Waals surface area contributed by atoms with Gasteiger partial charge in [0.25, 0.3) is 11.6 Å². The summed E-state index contributed by atoms with van der Waals surface area (Å²) in [4.78, 5) is 35.6. The Bertz CT molecular complexity index is 1130. The Morgan fingerprint density at radius 3 is 2.48 bits per heavy atom. The topological polar surface area (TPSA) is 119 Å². The summed E-state index contributed by atoms with van der Waals surface area (Å²) < 4.78 is 1.76. The van der Waals surface area contributed by atoms with E-state index >= 15 is 0 Å². The molecule has 0 saturated carbocycles. The molecule has 0 aliphatic heterocycles. The Balaban J connectivity index is 1.56. The van der Waals surface area contributed by atoms with Crippen LogP contribution in [0.3, 0.4) is 0 Å². The van der Waals surface area contributed by atoms with Gasteiger partial charge in [-0.2, -0.15) is 5.10 Å². The summed E-state index contributed by atoms with van der Waals surface area (Å²) >= 11 is 6.03. The van der Waals surface area contributed by atoms with E-state index in [-0.39, 0.29) is 28.1 Å². The van der Waals surface area contributed by atoms with E-state index in [1.807, 2.05) is 50.4 Å². The average molecular weight is 470 g/mol. The summed E-state index contributed by atoms with van der Waals surface area (Å²) in [6.45, 7) is 4.03. The maximum Gasteiger partial charge on any atom is 0.270 e. The van der Waals surface area contributed by atoms with Gasteiger partial charge >= 0.3 is 0 Å². The number of nitro groups is 1. The molecule has 2 N–H and O–H groups in total. The Labute approximate surface area is 195 Å². The van der Waals surface area contributed by atoms with Crippen LogP contribution < -0.4 is 10.6 Å². The van der Waals surface area contributed by atoms with E-state index < -0.39 is 16.9 Å². The summed E-state index contributed by atoms with van der Waals surface area (Å²) in [5.74, 6) is -1.07. The van der Waals surface area contributed by atoms with Crippen LogP contribution in [-0.4, -0.2) is 39.1 Å². The lowest BCUT2D eigenvalue weighted by Gasteiger charge is -2.22. The normalized spacial score (nSPS) is 11.8. The maximum atomic E-state index is 12.7. The third-order valence-electron chi connectivity index (χ3n) is 5.06. The lowest BCUT2D eigenvalue weighted by atomic mass is 10.0. The van der Waals surface area contributed by atoms with Crippen LogP contribution in [0.1, 0.15) is 29.8 Å². The quantitative estimate of drug-likeness (QED) is 0.367. The Hall–Kier alpha value is -3.72. The second kappa shape index (κ2) is 10.7. The highest BCUT2D eigenvalue weighted by atomic mass is 35.5. The molecule has 0 aliphatic rings. The summed E-state index contributed by atoms with van der Waals surface area (Å²) in [5, 5.41) is 20.5. The van der Waals surface area contributed by atoms with Crippen LogP contribution >= 0.6 is 11.6 Å². The summed E-state index contributed by atoms with van der Waals surface area (Å²) in [7, 11) is 0. The molecular formula is C23H24ClN5O4. The van der Waals surface area contributed by atoms with Gasteiger partial charge in [0, 0.05) is 31.1 Å². The summed E-state index contributed by atoms with van der Waals surface area (Å²) in [6.07, 6.45) is 4.19. The van der Waals surface area contributed by atoms with Crippen molar-refractivity contribution in [1.29, 1.82) is 0 Å². The number of carbonyl (C=O) groups is 2. The van der Waals surface area contributed by atoms with Gasteiger partial charge in [0.05, 0.1) is 21.2 Å². The van der Waals surface area contributed by atoms with Gasteiger partial charge in [-0.15, -0.1) is 0 Å². The van der Waals surface area contributed by atoms with Gasteiger partial charge in [0.2, 0.25) is 5.91 Å². The van der Waals surface area contributed by atoms with E-state index in [2.05, 4.69) is 15.7 Å². The van der Waals surface area contributed by atoms with Crippen molar-refractivity contribution in [2.45, 2.75) is 26.3 Å². The van der Waals surface area contributed by atoms with Crippen molar-refractivity contribution < 1.29 is 14.5 Å². The van der Waals surface area contributed by atoms with E-state index in [0.717, 1.165) is 17.3 Å². The van der Waals surface area contributed by atoms with Crippen molar-refractivity contribution in [3.05, 3.63) is 87.2 Å². The molecule has 1 atom stereocenters. The van der Waals surface area contributed by atoms with Crippen LogP contribution in [0.4, 0.5) is 5.69 Å². The van der Waals surface area contributed by atoms with Gasteiger partial charge in [-0.1, -0.05) is 37.6 Å². The first-order valence-corrected chi connectivity index (χ1v) is 10.8. The molecular weight excluding hydrogens is 446 g/mol. The minimum atomic E-state index is -0.786. The van der Waals surface area contributed by atoms with E-state index in [1.165, 1.54) is 12.1 Å². The molecule has 0 bridgehead atoms. The largest absolute Gasteiger partial charge is 0.354 e. The van der Waals surface area contributed by atoms with Crippen molar-refractivity contribution in [3.63, 3.8) is 0 Å². The van der Waals surface area contributed by atoms with E-state index in [1.54, 1.807) is 10.9 Å². The number of nitrogens with one attached hydrogen (secondary N) is 2. The molecule has 33 heavy (non-hydrogen) atoms. The molecule has 2 aromatic carbocycles. The molecule has 0 aliphatic carbocycles. The molecule has 172 valence electrons. The van der Waals surface area contributed by atoms with Crippen LogP contribution in [0.15, 0.2) is 60.9 Å². The third-order valence-corrected chi connectivity index (χ3v) is 5.37. The van der Waals surface area contributed by atoms with Crippen molar-refractivity contribution in [2.24, 2.45) is 5.92 Å². The lowest BCUT2D eigenvalue weighted by Crippen LogP contribution is -2.50. The Morgan fingerprint density at radius 1 is 1.18 bits per heavy atom. The smallest absolute Gasteiger partial charge is 0.270 e. The van der Waals surface area contributed by atoms with Gasteiger partial charge in [-0.3, -0.25) is 19.7 Å². The highest BCUT2D eigenvalue weighted by Crippen LogP contribution is 2.22. The van der Waals surface area contributed by atoms with E-state index in [4.69, 9.17) is 11.6 Å². The number of hydrogen-bond donors (Lipinski definition) is 2. The first kappa shape index (κ1) is 23.9. The average Bonchev–Trinajstić information content (AvgIpc) is 3.32. The first-order chi connectivity index (χ1) is 15.8. The van der Waals surface area contributed by atoms with Gasteiger partial charge < -0.3 is 10.6 Å². The molecule has 0 saturated heterocycles. The zero-order valence-corrected chi connectivity index (χ0v) is 19.0. The van der Waals surface area contributed by atoms with Crippen LogP contribution in [0.25, 0.3) is 5.69 Å². The summed E-state index contributed by atoms with van der Waals surface area (Å²) in [5.41, 5.74) is 1.85. The first-order valence-electron chi connectivity index (χ1n) is 10.4. The van der Waals surface area contributed by atoms with Gasteiger partial charge in [-0.05, 0) is 42.2 Å². The SMILES string of the molecule is CC(C)C(NC(=O)c1ccc([N+](=O)[O-])cc1Cl)C(=O)NCCc1ccc(-n2cccn2)cc1. The van der Waals surface area contributed by atoms with Gasteiger partial charge in [-0.25, -0.2) is 4.68 Å². The van der Waals surface area contributed by atoms with Gasteiger partial charge in [0.1, 0.15) is 6.04 Å². The molecule has 3 rings (SSSR count). The highest BCUT2D eigenvalue weighted by molar-refractivity contribution is 6.34. The predicted octanol–water partition coefficient (Wildman–Crippen LogP) is 3.55. The fourth-order valence-corrected chi connectivity index (χ4v) is 3.49. The van der Waals surface area contributed by atoms with Crippen molar-refractivity contribution in [3.8, 4) is 5.69 Å². The number of non-ortho nitro benzene ring substituents is 1. The molecule has 0 fully saturated rings. The maximum absolute atomic E-state index is 12.7. The molecule has 9 nitrogen and oxygen atoms in total. The summed E-state index contributed by atoms with van der Waals surface area (Å²) in [6, 6.07) is 12.5. The number of aromatic nitrogens is 2. The van der Waals surface area contributed by atoms with Crippen LogP contribution in [0.2, 0.25) is 5.02 Å². The van der Waals surface area contributed by atoms with Crippen molar-refractivity contribution in [2.75, 3.05) is 6.54 Å². The Morgan fingerprint density at radius 2 is 1.91 bits per heavy atom. The zero-order valence-electron chi connectivity index (χ0n) is 18.2. The van der Waals surface area contributed by atoms with Crippen LogP contribution in [0, 0.1) is 16.0 Å². The molecule has 1 aromatic heterocycles. The molecule has 0 radical (unpaired) electrons.